The van der Waals surface area contributed by atoms with Crippen molar-refractivity contribution in [1.29, 1.82) is 5.26 Å². The third-order valence-electron chi connectivity index (χ3n) is 2.12. The van der Waals surface area contributed by atoms with Crippen molar-refractivity contribution < 1.29 is 4.79 Å². The molecular formula is C9H15N3O. The molecule has 1 atom stereocenters. The molecule has 0 radical (unpaired) electrons. The summed E-state index contributed by atoms with van der Waals surface area (Å²) < 4.78 is 0. The van der Waals surface area contributed by atoms with Crippen LogP contribution in [0.1, 0.15) is 13.8 Å². The Balaban J connectivity index is 2.13. The second-order valence-corrected chi connectivity index (χ2v) is 3.65. The van der Waals surface area contributed by atoms with Crippen molar-refractivity contribution in [2.24, 2.45) is 5.92 Å². The first-order valence-corrected chi connectivity index (χ1v) is 4.51. The number of nitrogens with zero attached hydrogens (tertiary/aromatic N) is 2. The van der Waals surface area contributed by atoms with Crippen LogP contribution in [0.3, 0.4) is 0 Å². The number of carbonyl (C=O) groups excluding carboxylic acids is 1. The fourth-order valence-corrected chi connectivity index (χ4v) is 1.58. The van der Waals surface area contributed by atoms with Gasteiger partial charge in [-0.2, -0.15) is 5.26 Å². The van der Waals surface area contributed by atoms with Gasteiger partial charge in [-0.05, 0) is 6.92 Å². The van der Waals surface area contributed by atoms with E-state index in [0.29, 0.717) is 0 Å². The molecule has 0 aliphatic carbocycles. The molecule has 72 valence electrons. The third kappa shape index (κ3) is 3.03. The Kier molecular flexibility index (Phi) is 3.26. The predicted octanol–water partition coefficient (Wildman–Crippen LogP) is -0.0336. The van der Waals surface area contributed by atoms with Crippen LogP contribution in [-0.4, -0.2) is 36.5 Å². The highest BCUT2D eigenvalue weighted by Gasteiger charge is 2.27. The lowest BCUT2D eigenvalue weighted by Gasteiger charge is -2.36. The van der Waals surface area contributed by atoms with Gasteiger partial charge in [0, 0.05) is 32.6 Å². The second-order valence-electron chi connectivity index (χ2n) is 3.65. The van der Waals surface area contributed by atoms with Crippen molar-refractivity contribution in [3.05, 3.63) is 0 Å². The first kappa shape index (κ1) is 10.0. The number of amides is 1. The first-order chi connectivity index (χ1) is 6.11. The molecule has 4 nitrogen and oxygen atoms in total. The topological polar surface area (TPSA) is 56.1 Å². The van der Waals surface area contributed by atoms with E-state index in [2.05, 4.69) is 16.3 Å². The summed E-state index contributed by atoms with van der Waals surface area (Å²) in [7, 11) is 0. The lowest BCUT2D eigenvalue weighted by molar-refractivity contribution is -0.119. The normalized spacial score (nSPS) is 20.1. The average Bonchev–Trinajstić information content (AvgIpc) is 1.94. The van der Waals surface area contributed by atoms with Crippen LogP contribution in [0.4, 0.5) is 0 Å². The minimum atomic E-state index is 0.00450. The zero-order valence-electron chi connectivity index (χ0n) is 8.08. The number of likely N-dealkylation sites (tertiary alicyclic amines) is 1. The van der Waals surface area contributed by atoms with Crippen LogP contribution in [0, 0.1) is 17.2 Å². The standard InChI is InChI=1S/C9H15N3O/c1-7(11-8(2)13)4-12-5-9(3-10)6-12/h7,9H,4-6H2,1-2H3,(H,11,13). The van der Waals surface area contributed by atoms with Crippen LogP contribution >= 0.6 is 0 Å². The Morgan fingerprint density at radius 1 is 1.77 bits per heavy atom. The molecule has 0 spiro atoms. The van der Waals surface area contributed by atoms with Crippen molar-refractivity contribution in [2.75, 3.05) is 19.6 Å². The maximum Gasteiger partial charge on any atom is 0.217 e. The van der Waals surface area contributed by atoms with E-state index >= 15 is 0 Å². The summed E-state index contributed by atoms with van der Waals surface area (Å²) in [6, 6.07) is 2.39. The minimum Gasteiger partial charge on any atom is -0.353 e. The lowest BCUT2D eigenvalue weighted by Crippen LogP contribution is -2.51. The Morgan fingerprint density at radius 3 is 2.85 bits per heavy atom. The fraction of sp³-hybridized carbons (Fsp3) is 0.778. The van der Waals surface area contributed by atoms with Crippen molar-refractivity contribution in [1.82, 2.24) is 10.2 Å². The summed E-state index contributed by atoms with van der Waals surface area (Å²) in [6.07, 6.45) is 0. The van der Waals surface area contributed by atoms with E-state index in [9.17, 15) is 4.79 Å². The van der Waals surface area contributed by atoms with Gasteiger partial charge >= 0.3 is 0 Å². The highest BCUT2D eigenvalue weighted by Crippen LogP contribution is 2.13. The zero-order valence-corrected chi connectivity index (χ0v) is 8.08. The Morgan fingerprint density at radius 2 is 2.38 bits per heavy atom. The van der Waals surface area contributed by atoms with Gasteiger partial charge in [0.2, 0.25) is 5.91 Å². The summed E-state index contributed by atoms with van der Waals surface area (Å²) in [5, 5.41) is 11.3. The summed E-state index contributed by atoms with van der Waals surface area (Å²) in [4.78, 5) is 12.9. The number of hydrogen-bond donors (Lipinski definition) is 1. The Hall–Kier alpha value is -1.08. The van der Waals surface area contributed by atoms with E-state index in [1.54, 1.807) is 0 Å². The SMILES string of the molecule is CC(=O)NC(C)CN1CC(C#N)C1. The molecular weight excluding hydrogens is 166 g/mol. The van der Waals surface area contributed by atoms with E-state index in [1.807, 2.05) is 6.92 Å². The number of rotatable bonds is 3. The van der Waals surface area contributed by atoms with Gasteiger partial charge in [0.15, 0.2) is 0 Å². The van der Waals surface area contributed by atoms with E-state index in [4.69, 9.17) is 5.26 Å². The number of hydrogen-bond acceptors (Lipinski definition) is 3. The predicted molar refractivity (Wildman–Crippen MR) is 48.8 cm³/mol. The van der Waals surface area contributed by atoms with E-state index in [0.717, 1.165) is 19.6 Å². The van der Waals surface area contributed by atoms with E-state index in [-0.39, 0.29) is 17.9 Å². The number of carbonyl (C=O) groups is 1. The van der Waals surface area contributed by atoms with Gasteiger partial charge in [-0.15, -0.1) is 0 Å². The Bertz CT molecular complexity index is 228. The molecule has 0 aromatic heterocycles. The zero-order chi connectivity index (χ0) is 9.84. The Labute approximate surface area is 78.5 Å². The summed E-state index contributed by atoms with van der Waals surface area (Å²) in [6.45, 7) is 6.03. The molecule has 1 saturated heterocycles. The number of nitriles is 1. The van der Waals surface area contributed by atoms with Crippen molar-refractivity contribution in [3.63, 3.8) is 0 Å². The number of nitrogens with one attached hydrogen (secondary N) is 1. The molecule has 4 heteroatoms. The first-order valence-electron chi connectivity index (χ1n) is 4.51. The molecule has 1 heterocycles. The van der Waals surface area contributed by atoms with Crippen molar-refractivity contribution in [3.8, 4) is 6.07 Å². The quantitative estimate of drug-likeness (QED) is 0.665. The highest BCUT2D eigenvalue weighted by molar-refractivity contribution is 5.73. The molecule has 0 saturated carbocycles. The average molecular weight is 181 g/mol. The molecule has 1 aliphatic heterocycles. The van der Waals surface area contributed by atoms with E-state index in [1.165, 1.54) is 6.92 Å². The molecule has 13 heavy (non-hydrogen) atoms. The molecule has 0 aromatic carbocycles. The van der Waals surface area contributed by atoms with Crippen LogP contribution in [0.25, 0.3) is 0 Å². The van der Waals surface area contributed by atoms with Crippen LogP contribution in [0.5, 0.6) is 0 Å². The monoisotopic (exact) mass is 181 g/mol. The summed E-state index contributed by atoms with van der Waals surface area (Å²) >= 11 is 0. The molecule has 1 rings (SSSR count). The van der Waals surface area contributed by atoms with Gasteiger partial charge in [-0.25, -0.2) is 0 Å². The maximum atomic E-state index is 10.7. The van der Waals surface area contributed by atoms with Crippen LogP contribution in [0.2, 0.25) is 0 Å². The highest BCUT2D eigenvalue weighted by atomic mass is 16.1. The van der Waals surface area contributed by atoms with Crippen LogP contribution in [0.15, 0.2) is 0 Å². The lowest BCUT2D eigenvalue weighted by atomic mass is 10.0. The molecule has 1 unspecified atom stereocenters. The van der Waals surface area contributed by atoms with E-state index < -0.39 is 0 Å². The van der Waals surface area contributed by atoms with Crippen LogP contribution in [-0.2, 0) is 4.79 Å². The van der Waals surface area contributed by atoms with Gasteiger partial charge in [0.1, 0.15) is 0 Å². The fourth-order valence-electron chi connectivity index (χ4n) is 1.58. The smallest absolute Gasteiger partial charge is 0.217 e. The van der Waals surface area contributed by atoms with Crippen molar-refractivity contribution >= 4 is 5.91 Å². The molecule has 1 aliphatic rings. The van der Waals surface area contributed by atoms with Gasteiger partial charge in [-0.1, -0.05) is 0 Å². The van der Waals surface area contributed by atoms with Crippen LogP contribution < -0.4 is 5.32 Å². The molecule has 1 amide bonds. The van der Waals surface area contributed by atoms with Gasteiger partial charge < -0.3 is 5.32 Å². The molecule has 1 fully saturated rings. The van der Waals surface area contributed by atoms with Gasteiger partial charge in [-0.3, -0.25) is 9.69 Å². The third-order valence-corrected chi connectivity index (χ3v) is 2.12. The molecule has 1 N–H and O–H groups in total. The largest absolute Gasteiger partial charge is 0.353 e. The van der Waals surface area contributed by atoms with Gasteiger partial charge in [0.05, 0.1) is 12.0 Å². The van der Waals surface area contributed by atoms with Gasteiger partial charge in [0.25, 0.3) is 0 Å². The molecule has 0 bridgehead atoms. The summed E-state index contributed by atoms with van der Waals surface area (Å²) in [5.41, 5.74) is 0. The summed E-state index contributed by atoms with van der Waals surface area (Å²) in [5.74, 6) is 0.203. The second kappa shape index (κ2) is 4.24. The maximum absolute atomic E-state index is 10.7. The van der Waals surface area contributed by atoms with Crippen molar-refractivity contribution in [2.45, 2.75) is 19.9 Å². The molecule has 0 aromatic rings. The minimum absolute atomic E-state index is 0.00450.